The van der Waals surface area contributed by atoms with Gasteiger partial charge in [-0.25, -0.2) is 4.79 Å². The lowest BCUT2D eigenvalue weighted by atomic mass is 9.79. The fraction of sp³-hybridized carbons (Fsp3) is 0.850. The van der Waals surface area contributed by atoms with Crippen LogP contribution in [0.2, 0.25) is 0 Å². The molecular weight excluding hydrogens is 418 g/mol. The predicted octanol–water partition coefficient (Wildman–Crippen LogP) is 5.63. The van der Waals surface area contributed by atoms with Gasteiger partial charge in [0.25, 0.3) is 5.60 Å². The van der Waals surface area contributed by atoms with Gasteiger partial charge in [-0.1, -0.05) is 13.5 Å². The topological polar surface area (TPSA) is 55.8 Å². The normalized spacial score (nSPS) is 24.7. The second-order valence-electron chi connectivity index (χ2n) is 8.45. The highest BCUT2D eigenvalue weighted by Gasteiger charge is 2.78. The Morgan fingerprint density at radius 2 is 1.50 bits per heavy atom. The number of halogens is 6. The number of rotatable bonds is 6. The molecule has 10 heteroatoms. The Morgan fingerprint density at radius 1 is 1.07 bits per heavy atom. The van der Waals surface area contributed by atoms with Crippen molar-refractivity contribution < 1.29 is 45.7 Å². The van der Waals surface area contributed by atoms with Crippen LogP contribution in [0.3, 0.4) is 0 Å². The summed E-state index contributed by atoms with van der Waals surface area (Å²) in [7, 11) is 0. The van der Waals surface area contributed by atoms with E-state index in [0.29, 0.717) is 39.5 Å². The molecule has 176 valence electrons. The Balaban J connectivity index is 3.06. The summed E-state index contributed by atoms with van der Waals surface area (Å²) in [5.41, 5.74) is -9.05. The first-order valence-corrected chi connectivity index (χ1v) is 9.85. The number of ether oxygens (including phenoxy) is 2. The van der Waals surface area contributed by atoms with Crippen LogP contribution in [0.15, 0.2) is 12.2 Å². The number of esters is 1. The van der Waals surface area contributed by atoms with E-state index in [4.69, 9.17) is 9.47 Å². The minimum atomic E-state index is -5.98. The number of carbonyl (C=O) groups is 1. The molecular formula is C20H30F6O4. The van der Waals surface area contributed by atoms with Gasteiger partial charge >= 0.3 is 18.3 Å². The van der Waals surface area contributed by atoms with Crippen molar-refractivity contribution in [3.05, 3.63) is 12.2 Å². The molecule has 1 N–H and O–H groups in total. The van der Waals surface area contributed by atoms with E-state index >= 15 is 0 Å². The third kappa shape index (κ3) is 5.49. The van der Waals surface area contributed by atoms with Crippen molar-refractivity contribution in [1.29, 1.82) is 0 Å². The van der Waals surface area contributed by atoms with Gasteiger partial charge in [-0.15, -0.1) is 0 Å². The van der Waals surface area contributed by atoms with Crippen LogP contribution in [0, 0.1) is 0 Å². The molecule has 0 saturated heterocycles. The van der Waals surface area contributed by atoms with E-state index in [1.165, 1.54) is 6.92 Å². The molecule has 30 heavy (non-hydrogen) atoms. The third-order valence-electron chi connectivity index (χ3n) is 5.75. The molecule has 4 nitrogen and oxygen atoms in total. The number of alkyl halides is 6. The lowest BCUT2D eigenvalue weighted by Gasteiger charge is -2.49. The minimum absolute atomic E-state index is 0.165. The van der Waals surface area contributed by atoms with E-state index in [-0.39, 0.29) is 24.8 Å². The van der Waals surface area contributed by atoms with Crippen molar-refractivity contribution in [2.24, 2.45) is 0 Å². The molecule has 1 saturated carbocycles. The molecule has 1 aliphatic rings. The second kappa shape index (κ2) is 9.06. The summed E-state index contributed by atoms with van der Waals surface area (Å²) in [5, 5.41) is 9.83. The maximum absolute atomic E-state index is 13.4. The molecule has 0 aromatic carbocycles. The average Bonchev–Trinajstić information content (AvgIpc) is 2.55. The quantitative estimate of drug-likeness (QED) is 0.325. The van der Waals surface area contributed by atoms with Crippen molar-refractivity contribution in [3.8, 4) is 0 Å². The van der Waals surface area contributed by atoms with Gasteiger partial charge in [0, 0.05) is 5.57 Å². The van der Waals surface area contributed by atoms with Gasteiger partial charge in [-0.3, -0.25) is 0 Å². The number of hydrogen-bond donors (Lipinski definition) is 1. The lowest BCUT2D eigenvalue weighted by Crippen LogP contribution is -2.71. The van der Waals surface area contributed by atoms with E-state index in [1.807, 2.05) is 0 Å². The van der Waals surface area contributed by atoms with Gasteiger partial charge in [0.2, 0.25) is 0 Å². The first-order valence-electron chi connectivity index (χ1n) is 9.85. The SMILES string of the molecule is C=C(C)C(=O)OC1CCCC(CC)(OC(C)(C)C(O)(C(F)(F)F)C(F)(F)F)CCC1. The minimum Gasteiger partial charge on any atom is -0.459 e. The summed E-state index contributed by atoms with van der Waals surface area (Å²) in [5.74, 6) is -0.542. The Morgan fingerprint density at radius 3 is 1.83 bits per heavy atom. The highest BCUT2D eigenvalue weighted by Crippen LogP contribution is 2.52. The summed E-state index contributed by atoms with van der Waals surface area (Å²) in [6.07, 6.45) is -10.3. The zero-order chi connectivity index (χ0) is 23.6. The van der Waals surface area contributed by atoms with Gasteiger partial charge in [0.05, 0.1) is 5.60 Å². The first-order chi connectivity index (χ1) is 13.4. The number of carbonyl (C=O) groups excluding carboxylic acids is 1. The van der Waals surface area contributed by atoms with Crippen LogP contribution in [0.25, 0.3) is 0 Å². The van der Waals surface area contributed by atoms with Crippen LogP contribution in [-0.4, -0.2) is 46.3 Å². The maximum atomic E-state index is 13.4. The number of hydrogen-bond acceptors (Lipinski definition) is 4. The van der Waals surface area contributed by atoms with Crippen LogP contribution in [0.5, 0.6) is 0 Å². The summed E-state index contributed by atoms with van der Waals surface area (Å²) in [4.78, 5) is 11.7. The van der Waals surface area contributed by atoms with E-state index in [1.54, 1.807) is 6.92 Å². The van der Waals surface area contributed by atoms with Crippen LogP contribution in [0.4, 0.5) is 26.3 Å². The molecule has 1 rings (SSSR count). The molecule has 0 radical (unpaired) electrons. The van der Waals surface area contributed by atoms with Crippen molar-refractivity contribution >= 4 is 5.97 Å². The van der Waals surface area contributed by atoms with E-state index in [0.717, 1.165) is 0 Å². The summed E-state index contributed by atoms with van der Waals surface area (Å²) < 4.78 is 91.0. The third-order valence-corrected chi connectivity index (χ3v) is 5.75. The molecule has 0 amide bonds. The van der Waals surface area contributed by atoms with Crippen molar-refractivity contribution in [2.75, 3.05) is 0 Å². The fourth-order valence-corrected chi connectivity index (χ4v) is 3.93. The number of aliphatic hydroxyl groups is 1. The van der Waals surface area contributed by atoms with E-state index in [9.17, 15) is 36.2 Å². The smallest absolute Gasteiger partial charge is 0.429 e. The summed E-state index contributed by atoms with van der Waals surface area (Å²) in [6.45, 7) is 7.85. The second-order valence-corrected chi connectivity index (χ2v) is 8.45. The molecule has 0 aliphatic heterocycles. The van der Waals surface area contributed by atoms with Gasteiger partial charge < -0.3 is 14.6 Å². The Kier molecular flexibility index (Phi) is 8.08. The Bertz CT molecular complexity index is 600. The molecule has 1 fully saturated rings. The Labute approximate surface area is 172 Å². The highest BCUT2D eigenvalue weighted by molar-refractivity contribution is 5.87. The van der Waals surface area contributed by atoms with Gasteiger partial charge in [0.15, 0.2) is 0 Å². The lowest BCUT2D eigenvalue weighted by molar-refractivity contribution is -0.421. The fourth-order valence-electron chi connectivity index (χ4n) is 3.93. The summed E-state index contributed by atoms with van der Waals surface area (Å²) >= 11 is 0. The maximum Gasteiger partial charge on any atom is 0.429 e. The monoisotopic (exact) mass is 448 g/mol. The molecule has 0 bridgehead atoms. The van der Waals surface area contributed by atoms with Crippen molar-refractivity contribution in [3.63, 3.8) is 0 Å². The van der Waals surface area contributed by atoms with Crippen LogP contribution in [-0.2, 0) is 14.3 Å². The van der Waals surface area contributed by atoms with Crippen LogP contribution in [0.1, 0.15) is 72.6 Å². The zero-order valence-corrected chi connectivity index (χ0v) is 17.7. The van der Waals surface area contributed by atoms with E-state index < -0.39 is 41.2 Å². The van der Waals surface area contributed by atoms with Gasteiger partial charge in [-0.2, -0.15) is 26.3 Å². The van der Waals surface area contributed by atoms with Crippen LogP contribution < -0.4 is 0 Å². The largest absolute Gasteiger partial charge is 0.459 e. The molecule has 0 aromatic rings. The van der Waals surface area contributed by atoms with Crippen LogP contribution >= 0.6 is 0 Å². The molecule has 0 heterocycles. The molecule has 0 atom stereocenters. The molecule has 0 aromatic heterocycles. The average molecular weight is 448 g/mol. The van der Waals surface area contributed by atoms with E-state index in [2.05, 4.69) is 6.58 Å². The molecule has 0 unspecified atom stereocenters. The van der Waals surface area contributed by atoms with Gasteiger partial charge in [0.1, 0.15) is 11.7 Å². The molecule has 0 spiro atoms. The predicted molar refractivity (Wildman–Crippen MR) is 97.6 cm³/mol. The van der Waals surface area contributed by atoms with Crippen molar-refractivity contribution in [2.45, 2.75) is 108 Å². The Hall–Kier alpha value is -1.29. The standard InChI is InChI=1S/C20H30F6O4/c1-6-17(11-7-9-14(10-8-12-17)29-15(27)13(2)3)30-16(4,5)18(28,19(21,22)23)20(24,25)26/h14,28H,2,6-12H2,1,3-5H3. The first kappa shape index (κ1) is 26.7. The molecule has 1 aliphatic carbocycles. The zero-order valence-electron chi connectivity index (χ0n) is 17.7. The highest BCUT2D eigenvalue weighted by atomic mass is 19.4. The summed E-state index contributed by atoms with van der Waals surface area (Å²) in [6, 6.07) is 0. The van der Waals surface area contributed by atoms with Crippen molar-refractivity contribution in [1.82, 2.24) is 0 Å². The van der Waals surface area contributed by atoms with Gasteiger partial charge in [-0.05, 0) is 65.7 Å².